The van der Waals surface area contributed by atoms with Crippen LogP contribution in [0.25, 0.3) is 11.1 Å². The van der Waals surface area contributed by atoms with Crippen molar-refractivity contribution in [2.24, 2.45) is 7.05 Å². The molecule has 0 fully saturated rings. The summed E-state index contributed by atoms with van der Waals surface area (Å²) in [4.78, 5) is 18.0. The average Bonchev–Trinajstić information content (AvgIpc) is 3.00. The van der Waals surface area contributed by atoms with Gasteiger partial charge in [-0.1, -0.05) is 53.5 Å². The van der Waals surface area contributed by atoms with Crippen LogP contribution in [0.5, 0.6) is 0 Å². The van der Waals surface area contributed by atoms with Crippen LogP contribution < -0.4 is 0 Å². The van der Waals surface area contributed by atoms with Gasteiger partial charge in [-0.3, -0.25) is 14.3 Å². The van der Waals surface area contributed by atoms with Gasteiger partial charge in [-0.2, -0.15) is 5.10 Å². The van der Waals surface area contributed by atoms with Gasteiger partial charge in [0, 0.05) is 13.2 Å². The molecule has 0 spiro atoms. The summed E-state index contributed by atoms with van der Waals surface area (Å²) in [5.41, 5.74) is 4.11. The summed E-state index contributed by atoms with van der Waals surface area (Å²) in [6, 6.07) is 13.4. The zero-order valence-electron chi connectivity index (χ0n) is 15.2. The zero-order valence-corrected chi connectivity index (χ0v) is 16.8. The second-order valence-corrected chi connectivity index (χ2v) is 6.97. The highest BCUT2D eigenvalue weighted by molar-refractivity contribution is 6.42. The third-order valence-electron chi connectivity index (χ3n) is 4.22. The molecule has 0 bridgehead atoms. The summed E-state index contributed by atoms with van der Waals surface area (Å²) in [6.45, 7) is 2.12. The Bertz CT molecular complexity index is 968. The van der Waals surface area contributed by atoms with Crippen LogP contribution in [0.3, 0.4) is 0 Å². The van der Waals surface area contributed by atoms with Crippen molar-refractivity contribution in [2.75, 3.05) is 7.11 Å². The fraction of sp³-hybridized carbons (Fsp3) is 0.200. The fourth-order valence-corrected chi connectivity index (χ4v) is 3.11. The minimum atomic E-state index is -0.225. The van der Waals surface area contributed by atoms with Gasteiger partial charge < -0.3 is 0 Å². The van der Waals surface area contributed by atoms with Gasteiger partial charge in [-0.25, -0.2) is 5.06 Å². The van der Waals surface area contributed by atoms with Crippen LogP contribution in [-0.2, 0) is 18.4 Å². The molecule has 140 valence electrons. The first-order chi connectivity index (χ1) is 12.9. The normalized spacial score (nSPS) is 10.9. The van der Waals surface area contributed by atoms with E-state index in [-0.39, 0.29) is 5.91 Å². The topological polar surface area (TPSA) is 47.4 Å². The second kappa shape index (κ2) is 8.13. The van der Waals surface area contributed by atoms with E-state index in [9.17, 15) is 4.79 Å². The Kier molecular flexibility index (Phi) is 5.85. The summed E-state index contributed by atoms with van der Waals surface area (Å²) in [5, 5.41) is 6.57. The largest absolute Gasteiger partial charge is 0.281 e. The van der Waals surface area contributed by atoms with Crippen LogP contribution in [-0.4, -0.2) is 27.9 Å². The summed E-state index contributed by atoms with van der Waals surface area (Å²) in [7, 11) is 3.26. The number of hydroxylamine groups is 2. The SMILES string of the molecule is CON(Cc1ccc(-c2ccc(Cl)c(Cl)c2)cc1)C(=O)c1cn(C)nc1C. The number of aromatic nitrogens is 2. The van der Waals surface area contributed by atoms with E-state index >= 15 is 0 Å². The van der Waals surface area contributed by atoms with E-state index in [2.05, 4.69) is 5.10 Å². The Balaban J connectivity index is 1.77. The van der Waals surface area contributed by atoms with Crippen molar-refractivity contribution in [3.05, 3.63) is 75.5 Å². The molecule has 0 aliphatic carbocycles. The Morgan fingerprint density at radius 3 is 2.33 bits per heavy atom. The van der Waals surface area contributed by atoms with Crippen molar-refractivity contribution < 1.29 is 9.63 Å². The number of amides is 1. The lowest BCUT2D eigenvalue weighted by Crippen LogP contribution is -2.29. The molecule has 7 heteroatoms. The van der Waals surface area contributed by atoms with Crippen molar-refractivity contribution in [3.8, 4) is 11.1 Å². The monoisotopic (exact) mass is 403 g/mol. The fourth-order valence-electron chi connectivity index (χ4n) is 2.81. The Labute approximate surface area is 168 Å². The first kappa shape index (κ1) is 19.4. The molecule has 0 unspecified atom stereocenters. The highest BCUT2D eigenvalue weighted by atomic mass is 35.5. The molecule has 3 rings (SSSR count). The number of nitrogens with zero attached hydrogens (tertiary/aromatic N) is 3. The summed E-state index contributed by atoms with van der Waals surface area (Å²) in [6.07, 6.45) is 1.69. The third-order valence-corrected chi connectivity index (χ3v) is 4.96. The van der Waals surface area contributed by atoms with Crippen LogP contribution in [0.15, 0.2) is 48.7 Å². The number of hydrogen-bond acceptors (Lipinski definition) is 3. The summed E-state index contributed by atoms with van der Waals surface area (Å²) >= 11 is 12.1. The molecule has 0 saturated carbocycles. The molecular weight excluding hydrogens is 385 g/mol. The number of carbonyl (C=O) groups excluding carboxylic acids is 1. The molecule has 2 aromatic carbocycles. The molecule has 0 aliphatic rings. The minimum absolute atomic E-state index is 0.225. The lowest BCUT2D eigenvalue weighted by molar-refractivity contribution is -0.102. The standard InChI is InChI=1S/C20H19Cl2N3O2/c1-13-17(12-24(2)23-13)20(26)25(27-3)11-14-4-6-15(7-5-14)16-8-9-18(21)19(22)10-16/h4-10,12H,11H2,1-3H3. The lowest BCUT2D eigenvalue weighted by Gasteiger charge is -2.19. The van der Waals surface area contributed by atoms with E-state index in [0.717, 1.165) is 16.7 Å². The van der Waals surface area contributed by atoms with Gasteiger partial charge in [0.25, 0.3) is 5.91 Å². The predicted molar refractivity (Wildman–Crippen MR) is 107 cm³/mol. The van der Waals surface area contributed by atoms with Crippen LogP contribution in [0.4, 0.5) is 0 Å². The van der Waals surface area contributed by atoms with Crippen molar-refractivity contribution in [3.63, 3.8) is 0 Å². The van der Waals surface area contributed by atoms with E-state index in [0.29, 0.717) is 27.8 Å². The van der Waals surface area contributed by atoms with E-state index in [1.165, 1.54) is 12.2 Å². The second-order valence-electron chi connectivity index (χ2n) is 6.15. The number of benzene rings is 2. The van der Waals surface area contributed by atoms with Crippen molar-refractivity contribution >= 4 is 29.1 Å². The average molecular weight is 404 g/mol. The van der Waals surface area contributed by atoms with Crippen molar-refractivity contribution in [1.82, 2.24) is 14.8 Å². The molecule has 3 aromatic rings. The van der Waals surface area contributed by atoms with Crippen LogP contribution in [0.1, 0.15) is 21.6 Å². The number of halogens is 2. The van der Waals surface area contributed by atoms with E-state index < -0.39 is 0 Å². The van der Waals surface area contributed by atoms with E-state index in [1.807, 2.05) is 36.4 Å². The van der Waals surface area contributed by atoms with E-state index in [1.54, 1.807) is 30.9 Å². The molecule has 0 saturated heterocycles. The molecule has 5 nitrogen and oxygen atoms in total. The zero-order chi connectivity index (χ0) is 19.6. The smallest absolute Gasteiger partial charge is 0.275 e. The van der Waals surface area contributed by atoms with Crippen molar-refractivity contribution in [2.45, 2.75) is 13.5 Å². The molecule has 0 radical (unpaired) electrons. The molecule has 1 aromatic heterocycles. The number of rotatable bonds is 5. The Hall–Kier alpha value is -2.34. The third kappa shape index (κ3) is 4.33. The van der Waals surface area contributed by atoms with Gasteiger partial charge >= 0.3 is 0 Å². The van der Waals surface area contributed by atoms with Gasteiger partial charge in [0.2, 0.25) is 0 Å². The highest BCUT2D eigenvalue weighted by Gasteiger charge is 2.20. The Morgan fingerprint density at radius 1 is 1.11 bits per heavy atom. The van der Waals surface area contributed by atoms with Gasteiger partial charge in [0.05, 0.1) is 35.0 Å². The predicted octanol–water partition coefficient (Wildman–Crippen LogP) is 4.91. The molecule has 0 N–H and O–H groups in total. The minimum Gasteiger partial charge on any atom is -0.275 e. The first-order valence-electron chi connectivity index (χ1n) is 8.29. The number of hydrogen-bond donors (Lipinski definition) is 0. The molecule has 0 aliphatic heterocycles. The molecule has 1 amide bonds. The lowest BCUT2D eigenvalue weighted by atomic mass is 10.0. The highest BCUT2D eigenvalue weighted by Crippen LogP contribution is 2.28. The quantitative estimate of drug-likeness (QED) is 0.568. The number of carbonyl (C=O) groups is 1. The molecular formula is C20H19Cl2N3O2. The van der Waals surface area contributed by atoms with E-state index in [4.69, 9.17) is 28.0 Å². The van der Waals surface area contributed by atoms with Crippen LogP contribution in [0, 0.1) is 6.92 Å². The maximum Gasteiger partial charge on any atom is 0.281 e. The van der Waals surface area contributed by atoms with Crippen LogP contribution >= 0.6 is 23.2 Å². The maximum absolute atomic E-state index is 12.7. The van der Waals surface area contributed by atoms with Gasteiger partial charge in [-0.05, 0) is 35.7 Å². The van der Waals surface area contributed by atoms with Crippen molar-refractivity contribution in [1.29, 1.82) is 0 Å². The molecule has 0 atom stereocenters. The molecule has 27 heavy (non-hydrogen) atoms. The van der Waals surface area contributed by atoms with Gasteiger partial charge in [0.1, 0.15) is 0 Å². The maximum atomic E-state index is 12.7. The summed E-state index contributed by atoms with van der Waals surface area (Å²) < 4.78 is 1.61. The summed E-state index contributed by atoms with van der Waals surface area (Å²) in [5.74, 6) is -0.225. The molecule has 1 heterocycles. The number of aryl methyl sites for hydroxylation is 2. The van der Waals surface area contributed by atoms with Gasteiger partial charge in [0.15, 0.2) is 0 Å². The Morgan fingerprint density at radius 2 is 1.78 bits per heavy atom. The van der Waals surface area contributed by atoms with Gasteiger partial charge in [-0.15, -0.1) is 0 Å². The van der Waals surface area contributed by atoms with Crippen LogP contribution in [0.2, 0.25) is 10.0 Å². The first-order valence-corrected chi connectivity index (χ1v) is 9.05.